The van der Waals surface area contributed by atoms with Crippen molar-refractivity contribution in [1.82, 2.24) is 9.88 Å². The second-order valence-electron chi connectivity index (χ2n) is 14.4. The van der Waals surface area contributed by atoms with E-state index in [0.717, 1.165) is 76.5 Å². The lowest BCUT2D eigenvalue weighted by Crippen LogP contribution is -2.40. The second kappa shape index (κ2) is 15.8. The number of ether oxygens (including phenoxy) is 2. The van der Waals surface area contributed by atoms with Gasteiger partial charge in [0.05, 0.1) is 25.0 Å². The maximum Gasteiger partial charge on any atom is 0.161 e. The fraction of sp³-hybridized carbons (Fsp3) is 0.395. The summed E-state index contributed by atoms with van der Waals surface area (Å²) in [7, 11) is 0. The third kappa shape index (κ3) is 8.35. The monoisotopic (exact) mass is 687 g/mol. The summed E-state index contributed by atoms with van der Waals surface area (Å²) in [5.74, 6) is 8.77. The van der Waals surface area contributed by atoms with Gasteiger partial charge in [0.1, 0.15) is 12.4 Å². The van der Waals surface area contributed by atoms with Gasteiger partial charge >= 0.3 is 0 Å². The third-order valence-electron chi connectivity index (χ3n) is 10.6. The number of hydrogen-bond donors (Lipinski definition) is 5. The second-order valence-corrected chi connectivity index (χ2v) is 14.4. The van der Waals surface area contributed by atoms with E-state index < -0.39 is 12.3 Å². The molecule has 0 fully saturated rings. The Bertz CT molecular complexity index is 1970. The van der Waals surface area contributed by atoms with E-state index in [9.17, 15) is 15.3 Å². The molecule has 3 aliphatic heterocycles. The van der Waals surface area contributed by atoms with E-state index in [4.69, 9.17) is 15.2 Å². The molecular weight excluding hydrogens is 638 g/mol. The number of phenolic OH excluding ortho intramolecular Hbond substituents is 1. The summed E-state index contributed by atoms with van der Waals surface area (Å²) in [5.41, 5.74) is 12.8. The molecular formula is C43H49N3O5. The quantitative estimate of drug-likeness (QED) is 0.154. The highest BCUT2D eigenvalue weighted by atomic mass is 16.5. The zero-order valence-corrected chi connectivity index (χ0v) is 29.4. The number of hydrogen-bond acceptors (Lipinski definition) is 7. The van der Waals surface area contributed by atoms with Crippen LogP contribution in [0, 0.1) is 23.7 Å². The zero-order chi connectivity index (χ0) is 35.3. The van der Waals surface area contributed by atoms with Crippen molar-refractivity contribution < 1.29 is 24.8 Å². The molecule has 1 aromatic heterocycles. The number of rotatable bonds is 5. The highest BCUT2D eigenvalue weighted by molar-refractivity contribution is 5.88. The lowest BCUT2D eigenvalue weighted by molar-refractivity contribution is 0.0139. The molecule has 8 nitrogen and oxygen atoms in total. The Morgan fingerprint density at radius 3 is 2.71 bits per heavy atom. The number of phenols is 1. The molecule has 266 valence electrons. The van der Waals surface area contributed by atoms with Crippen molar-refractivity contribution in [3.05, 3.63) is 113 Å². The summed E-state index contributed by atoms with van der Waals surface area (Å²) >= 11 is 0. The number of dihydropyridines is 1. The number of aryl methyl sites for hydroxylation is 1. The summed E-state index contributed by atoms with van der Waals surface area (Å²) in [5, 5.41) is 37.3. The number of aromatic hydroxyl groups is 1. The van der Waals surface area contributed by atoms with Crippen LogP contribution in [-0.4, -0.2) is 51.5 Å². The predicted octanol–water partition coefficient (Wildman–Crippen LogP) is 6.40. The summed E-state index contributed by atoms with van der Waals surface area (Å²) in [6.07, 6.45) is 10.7. The van der Waals surface area contributed by atoms with Crippen LogP contribution in [0.4, 0.5) is 0 Å². The minimum Gasteiger partial charge on any atom is -0.504 e. The molecule has 0 saturated carbocycles. The Hall–Kier alpha value is -4.52. The molecule has 3 aromatic carbocycles. The van der Waals surface area contributed by atoms with E-state index in [2.05, 4.69) is 77.4 Å². The van der Waals surface area contributed by atoms with E-state index in [-0.39, 0.29) is 31.0 Å². The highest BCUT2D eigenvalue weighted by Crippen LogP contribution is 2.34. The van der Waals surface area contributed by atoms with Gasteiger partial charge in [-0.05, 0) is 104 Å². The fourth-order valence-electron chi connectivity index (χ4n) is 7.68. The van der Waals surface area contributed by atoms with E-state index in [1.165, 1.54) is 5.56 Å². The van der Waals surface area contributed by atoms with E-state index >= 15 is 0 Å². The number of nitrogens with one attached hydrogen (secondary N) is 1. The Morgan fingerprint density at radius 1 is 1.00 bits per heavy atom. The number of nitrogens with zero attached hydrogens (tertiary/aromatic N) is 1. The number of benzene rings is 3. The Morgan fingerprint density at radius 2 is 1.86 bits per heavy atom. The molecule has 6 bridgehead atoms. The topological polar surface area (TPSA) is 122 Å². The predicted molar refractivity (Wildman–Crippen MR) is 201 cm³/mol. The maximum absolute atomic E-state index is 11.3. The molecule has 5 atom stereocenters. The molecule has 0 aliphatic carbocycles. The summed E-state index contributed by atoms with van der Waals surface area (Å²) in [6, 6.07) is 20.3. The van der Waals surface area contributed by atoms with Gasteiger partial charge in [0, 0.05) is 46.8 Å². The molecule has 5 unspecified atom stereocenters. The Labute approximate surface area is 300 Å². The number of fused-ring (bicyclic) bond motifs is 6. The normalized spacial score (nSPS) is 24.0. The molecule has 51 heavy (non-hydrogen) atoms. The standard InChI is InChI=1S/C43H49N3O5/c1-28-9-12-33-22-42(44)45-43-39(33)27-50-37(15-13-32(28)8-5-17-47)23-36(48)14-10-30-11-16-40(49)41(21-30)51-26-35-20-31(18-29-6-3-2-4-7-29)19-34-24-46(43)25-38(34)35/h2-4,6-7,11,16,19-22,24-25,28,32,36-37,42,45,47-49H,5,8,10,13-15,17-18,23,26-27,44H2,1H3. The van der Waals surface area contributed by atoms with Gasteiger partial charge in [-0.1, -0.05) is 61.2 Å². The van der Waals surface area contributed by atoms with Crippen LogP contribution in [0.1, 0.15) is 67.7 Å². The molecule has 0 spiro atoms. The molecule has 4 aromatic rings. The lowest BCUT2D eigenvalue weighted by Gasteiger charge is -2.28. The van der Waals surface area contributed by atoms with Crippen molar-refractivity contribution in [3.63, 3.8) is 0 Å². The van der Waals surface area contributed by atoms with Gasteiger partial charge in [0.2, 0.25) is 0 Å². The van der Waals surface area contributed by atoms with Gasteiger partial charge in [0.15, 0.2) is 11.5 Å². The number of aromatic nitrogens is 1. The lowest BCUT2D eigenvalue weighted by atomic mass is 9.84. The summed E-state index contributed by atoms with van der Waals surface area (Å²) in [6.45, 7) is 2.90. The maximum atomic E-state index is 11.3. The molecule has 0 amide bonds. The number of nitrogens with two attached hydrogens (primary N) is 1. The molecule has 0 radical (unpaired) electrons. The van der Waals surface area contributed by atoms with Crippen LogP contribution in [0.3, 0.4) is 0 Å². The first kappa shape index (κ1) is 34.9. The van der Waals surface area contributed by atoms with Crippen LogP contribution in [0.15, 0.2) is 90.3 Å². The van der Waals surface area contributed by atoms with E-state index in [1.54, 1.807) is 6.07 Å². The minimum atomic E-state index is -0.574. The van der Waals surface area contributed by atoms with Gasteiger partial charge in [-0.2, -0.15) is 0 Å². The van der Waals surface area contributed by atoms with Gasteiger partial charge in [-0.15, -0.1) is 0 Å². The number of aliphatic hydroxyl groups is 2. The van der Waals surface area contributed by atoms with Gasteiger partial charge in [0.25, 0.3) is 0 Å². The van der Waals surface area contributed by atoms with Gasteiger partial charge in [-0.3, -0.25) is 0 Å². The Balaban J connectivity index is 1.36. The van der Waals surface area contributed by atoms with Gasteiger partial charge < -0.3 is 40.4 Å². The molecule has 0 saturated heterocycles. The van der Waals surface area contributed by atoms with Crippen molar-refractivity contribution in [3.8, 4) is 23.3 Å². The van der Waals surface area contributed by atoms with Crippen LogP contribution in [0.5, 0.6) is 11.5 Å². The SMILES string of the molecule is CC1C#CC2=CC(N)NC3=C2COC(CCC1CCCO)CC(O)CCc1ccc(O)c(c1)OCc1cc(Cc2ccccc2)cc2cn3cc12. The van der Waals surface area contributed by atoms with Crippen LogP contribution >= 0.6 is 0 Å². The van der Waals surface area contributed by atoms with Crippen LogP contribution in [-0.2, 0) is 24.2 Å². The first-order valence-electron chi connectivity index (χ1n) is 18.3. The first-order chi connectivity index (χ1) is 24.8. The fourth-order valence-corrected chi connectivity index (χ4v) is 7.68. The number of aliphatic hydroxyl groups excluding tert-OH is 2. The van der Waals surface area contributed by atoms with Crippen LogP contribution in [0.2, 0.25) is 0 Å². The van der Waals surface area contributed by atoms with Crippen molar-refractivity contribution in [2.75, 3.05) is 13.2 Å². The molecule has 3 aliphatic rings. The highest BCUT2D eigenvalue weighted by Gasteiger charge is 2.27. The molecule has 4 heterocycles. The zero-order valence-electron chi connectivity index (χ0n) is 29.4. The van der Waals surface area contributed by atoms with Crippen molar-refractivity contribution in [2.24, 2.45) is 17.6 Å². The summed E-state index contributed by atoms with van der Waals surface area (Å²) in [4.78, 5) is 0. The third-order valence-corrected chi connectivity index (χ3v) is 10.6. The Kier molecular flexibility index (Phi) is 10.8. The smallest absolute Gasteiger partial charge is 0.161 e. The minimum absolute atomic E-state index is 0.0857. The molecule has 8 heteroatoms. The average molecular weight is 688 g/mol. The molecule has 6 N–H and O–H groups in total. The van der Waals surface area contributed by atoms with Crippen molar-refractivity contribution >= 4 is 16.6 Å². The van der Waals surface area contributed by atoms with Crippen LogP contribution < -0.4 is 15.8 Å². The van der Waals surface area contributed by atoms with Crippen molar-refractivity contribution in [2.45, 2.75) is 83.3 Å². The largest absolute Gasteiger partial charge is 0.504 e. The summed E-state index contributed by atoms with van der Waals surface area (Å²) < 4.78 is 15.2. The average Bonchev–Trinajstić information content (AvgIpc) is 3.55. The van der Waals surface area contributed by atoms with Crippen LogP contribution in [0.25, 0.3) is 16.6 Å². The van der Waals surface area contributed by atoms with E-state index in [1.807, 2.05) is 24.3 Å². The molecule has 7 rings (SSSR count). The van der Waals surface area contributed by atoms with E-state index in [0.29, 0.717) is 37.5 Å². The van der Waals surface area contributed by atoms with Gasteiger partial charge in [-0.25, -0.2) is 0 Å². The first-order valence-corrected chi connectivity index (χ1v) is 18.3. The van der Waals surface area contributed by atoms with Crippen molar-refractivity contribution in [1.29, 1.82) is 0 Å².